The summed E-state index contributed by atoms with van der Waals surface area (Å²) in [6, 6.07) is 0.308. The Labute approximate surface area is 127 Å². The molecule has 1 aromatic heterocycles. The Morgan fingerprint density at radius 1 is 1.17 bits per heavy atom. The average Bonchev–Trinajstić information content (AvgIpc) is 2.77. The highest BCUT2D eigenvalue weighted by Crippen LogP contribution is 2.22. The van der Waals surface area contributed by atoms with E-state index in [0.29, 0.717) is 22.4 Å². The van der Waals surface area contributed by atoms with Crippen molar-refractivity contribution in [1.29, 1.82) is 0 Å². The number of carbonyl (C=O) groups is 1. The van der Waals surface area contributed by atoms with Crippen molar-refractivity contribution in [3.63, 3.8) is 0 Å². The molecule has 130 valence electrons. The molecule has 2 heterocycles. The first kappa shape index (κ1) is 17.4. The van der Waals surface area contributed by atoms with Crippen molar-refractivity contribution in [2.24, 2.45) is 0 Å². The van der Waals surface area contributed by atoms with Gasteiger partial charge in [0.2, 0.25) is 5.91 Å². The van der Waals surface area contributed by atoms with E-state index in [4.69, 9.17) is 0 Å². The first-order valence-corrected chi connectivity index (χ1v) is 6.76. The van der Waals surface area contributed by atoms with Gasteiger partial charge in [-0.3, -0.25) is 9.48 Å². The van der Waals surface area contributed by atoms with Crippen LogP contribution >= 0.6 is 0 Å². The van der Waals surface area contributed by atoms with Gasteiger partial charge in [0.15, 0.2) is 0 Å². The fourth-order valence-electron chi connectivity index (χ4n) is 2.34. The molecule has 0 bridgehead atoms. The second kappa shape index (κ2) is 6.28. The maximum absolute atomic E-state index is 12.4. The van der Waals surface area contributed by atoms with Gasteiger partial charge < -0.3 is 10.2 Å². The summed E-state index contributed by atoms with van der Waals surface area (Å²) < 4.78 is 74.5. The van der Waals surface area contributed by atoms with Crippen LogP contribution in [0.15, 0.2) is 12.3 Å². The fraction of sp³-hybridized carbons (Fsp3) is 0.667. The van der Waals surface area contributed by atoms with Crippen LogP contribution in [0.2, 0.25) is 0 Å². The zero-order valence-corrected chi connectivity index (χ0v) is 11.8. The van der Waals surface area contributed by atoms with E-state index >= 15 is 0 Å². The molecule has 0 radical (unpaired) electrons. The molecule has 0 spiro atoms. The van der Waals surface area contributed by atoms with E-state index in [1.54, 1.807) is 0 Å². The molecular formula is C12H14F6N4O. The Hall–Kier alpha value is -1.94. The van der Waals surface area contributed by atoms with Crippen LogP contribution in [-0.2, 0) is 11.3 Å². The van der Waals surface area contributed by atoms with Crippen LogP contribution in [0.1, 0.15) is 12.8 Å². The third-order valence-electron chi connectivity index (χ3n) is 3.20. The molecule has 1 N–H and O–H groups in total. The van der Waals surface area contributed by atoms with Crippen molar-refractivity contribution < 1.29 is 31.1 Å². The monoisotopic (exact) mass is 344 g/mol. The first-order valence-electron chi connectivity index (χ1n) is 6.76. The number of nitrogens with zero attached hydrogens (tertiary/aromatic N) is 3. The van der Waals surface area contributed by atoms with Gasteiger partial charge >= 0.3 is 12.4 Å². The number of carbonyl (C=O) groups excluding carboxylic acids is 1. The lowest BCUT2D eigenvalue weighted by Crippen LogP contribution is -2.50. The van der Waals surface area contributed by atoms with Crippen LogP contribution < -0.4 is 5.32 Å². The van der Waals surface area contributed by atoms with Gasteiger partial charge in [-0.2, -0.15) is 31.4 Å². The van der Waals surface area contributed by atoms with Gasteiger partial charge in [0, 0.05) is 18.8 Å². The van der Waals surface area contributed by atoms with Crippen LogP contribution in [0.4, 0.5) is 32.2 Å². The van der Waals surface area contributed by atoms with Crippen molar-refractivity contribution >= 4 is 11.7 Å². The molecule has 2 rings (SSSR count). The van der Waals surface area contributed by atoms with Crippen LogP contribution in [-0.4, -0.2) is 52.1 Å². The van der Waals surface area contributed by atoms with E-state index in [1.165, 1.54) is 6.07 Å². The predicted molar refractivity (Wildman–Crippen MR) is 67.6 cm³/mol. The Morgan fingerprint density at radius 3 is 2.43 bits per heavy atom. The lowest BCUT2D eigenvalue weighted by molar-refractivity contribution is -0.163. The van der Waals surface area contributed by atoms with E-state index in [0.717, 1.165) is 6.20 Å². The maximum atomic E-state index is 12.4. The molecule has 1 aromatic rings. The maximum Gasteiger partial charge on any atom is 0.408 e. The molecule has 1 fully saturated rings. The quantitative estimate of drug-likeness (QED) is 0.854. The van der Waals surface area contributed by atoms with Crippen LogP contribution in [0.5, 0.6) is 0 Å². The number of halogens is 6. The Morgan fingerprint density at radius 2 is 1.83 bits per heavy atom. The molecule has 5 nitrogen and oxygen atoms in total. The second-order valence-corrected chi connectivity index (χ2v) is 5.23. The summed E-state index contributed by atoms with van der Waals surface area (Å²) >= 11 is 0. The van der Waals surface area contributed by atoms with E-state index in [-0.39, 0.29) is 12.4 Å². The summed E-state index contributed by atoms with van der Waals surface area (Å²) in [5.41, 5.74) is 0. The minimum atomic E-state index is -4.49. The number of piperidine rings is 1. The normalized spacial score (nSPS) is 20.0. The summed E-state index contributed by atoms with van der Waals surface area (Å²) in [6.45, 7) is -2.63. The Kier molecular flexibility index (Phi) is 4.76. The van der Waals surface area contributed by atoms with Gasteiger partial charge in [-0.1, -0.05) is 0 Å². The number of likely N-dealkylation sites (tertiary alicyclic amines) is 1. The SMILES string of the molecule is O=C1[C@H](Nc2ccn(CC(F)(F)F)n2)CCCN1CC(F)(F)F. The standard InChI is InChI=1S/C12H14F6N4O/c13-11(14,15)6-21-4-1-2-8(10(21)23)19-9-3-5-22(20-9)7-12(16,17)18/h3,5,8H,1-2,4,6-7H2,(H,19,20)/t8-/m1/s1. The molecule has 0 unspecified atom stereocenters. The summed E-state index contributed by atoms with van der Waals surface area (Å²) in [5, 5.41) is 6.21. The molecule has 1 aliphatic rings. The van der Waals surface area contributed by atoms with Gasteiger partial charge in [-0.15, -0.1) is 0 Å². The van der Waals surface area contributed by atoms with Gasteiger partial charge in [0.05, 0.1) is 0 Å². The number of amides is 1. The molecule has 0 aliphatic carbocycles. The number of rotatable bonds is 4. The highest BCUT2D eigenvalue weighted by atomic mass is 19.4. The predicted octanol–water partition coefficient (Wildman–Crippen LogP) is 2.41. The van der Waals surface area contributed by atoms with Gasteiger partial charge in [0.1, 0.15) is 24.9 Å². The minimum absolute atomic E-state index is 0.000955. The van der Waals surface area contributed by atoms with Crippen molar-refractivity contribution in [3.8, 4) is 0 Å². The molecule has 23 heavy (non-hydrogen) atoms. The van der Waals surface area contributed by atoms with Crippen molar-refractivity contribution in [1.82, 2.24) is 14.7 Å². The molecule has 1 amide bonds. The topological polar surface area (TPSA) is 50.2 Å². The lowest BCUT2D eigenvalue weighted by Gasteiger charge is -2.33. The van der Waals surface area contributed by atoms with Crippen LogP contribution in [0.25, 0.3) is 0 Å². The number of hydrogen-bond donors (Lipinski definition) is 1. The van der Waals surface area contributed by atoms with Crippen molar-refractivity contribution in [2.45, 2.75) is 37.8 Å². The molecule has 11 heteroatoms. The third-order valence-corrected chi connectivity index (χ3v) is 3.20. The van der Waals surface area contributed by atoms with Crippen LogP contribution in [0, 0.1) is 0 Å². The summed E-state index contributed by atoms with van der Waals surface area (Å²) in [6.07, 6.45) is -7.20. The summed E-state index contributed by atoms with van der Waals surface area (Å²) in [4.78, 5) is 12.7. The zero-order chi connectivity index (χ0) is 17.3. The van der Waals surface area contributed by atoms with E-state index in [9.17, 15) is 31.1 Å². The van der Waals surface area contributed by atoms with Crippen molar-refractivity contribution in [3.05, 3.63) is 12.3 Å². The molecule has 0 aromatic carbocycles. The highest BCUT2D eigenvalue weighted by molar-refractivity contribution is 5.85. The number of aromatic nitrogens is 2. The largest absolute Gasteiger partial charge is 0.408 e. The van der Waals surface area contributed by atoms with Gasteiger partial charge in [0.25, 0.3) is 0 Å². The molecule has 1 atom stereocenters. The number of hydrogen-bond acceptors (Lipinski definition) is 3. The lowest BCUT2D eigenvalue weighted by atomic mass is 10.0. The van der Waals surface area contributed by atoms with E-state index in [2.05, 4.69) is 10.4 Å². The Balaban J connectivity index is 1.98. The zero-order valence-electron chi connectivity index (χ0n) is 11.8. The third kappa shape index (κ3) is 5.32. The Bertz CT molecular complexity index is 552. The van der Waals surface area contributed by atoms with E-state index in [1.807, 2.05) is 0 Å². The number of nitrogens with one attached hydrogen (secondary N) is 1. The van der Waals surface area contributed by atoms with Gasteiger partial charge in [-0.25, -0.2) is 0 Å². The summed E-state index contributed by atoms with van der Waals surface area (Å²) in [5.74, 6) is -0.722. The average molecular weight is 344 g/mol. The molecule has 0 saturated carbocycles. The highest BCUT2D eigenvalue weighted by Gasteiger charge is 2.37. The molecule has 1 aliphatic heterocycles. The molecule has 1 saturated heterocycles. The number of anilines is 1. The molecular weight excluding hydrogens is 330 g/mol. The summed E-state index contributed by atoms with van der Waals surface area (Å²) in [7, 11) is 0. The second-order valence-electron chi connectivity index (χ2n) is 5.23. The van der Waals surface area contributed by atoms with E-state index < -0.39 is 37.4 Å². The fourth-order valence-corrected chi connectivity index (χ4v) is 2.34. The van der Waals surface area contributed by atoms with Crippen molar-refractivity contribution in [2.75, 3.05) is 18.4 Å². The van der Waals surface area contributed by atoms with Crippen LogP contribution in [0.3, 0.4) is 0 Å². The van der Waals surface area contributed by atoms with Gasteiger partial charge in [-0.05, 0) is 12.8 Å². The minimum Gasteiger partial charge on any atom is -0.357 e. The smallest absolute Gasteiger partial charge is 0.357 e. The number of alkyl halides is 6. The first-order chi connectivity index (χ1) is 10.5.